The van der Waals surface area contributed by atoms with Crippen LogP contribution in [0, 0.1) is 0 Å². The molecule has 0 unspecified atom stereocenters. The Balaban J connectivity index is 1.63. The van der Waals surface area contributed by atoms with Crippen molar-refractivity contribution in [3.05, 3.63) is 60.9 Å². The summed E-state index contributed by atoms with van der Waals surface area (Å²) in [7, 11) is 3.43. The Morgan fingerprint density at radius 2 is 2.16 bits per heavy atom. The zero-order valence-electron chi connectivity index (χ0n) is 17.0. The van der Waals surface area contributed by atoms with Crippen molar-refractivity contribution < 1.29 is 14.3 Å². The van der Waals surface area contributed by atoms with Gasteiger partial charge >= 0.3 is 0 Å². The molecule has 0 saturated carbocycles. The summed E-state index contributed by atoms with van der Waals surface area (Å²) in [5.74, 6) is 1.62. The SMILES string of the molecule is C=CC(=O)Nc1cccc(Oc2nc(Nc3cc(COC)nn3C)nc3[nH]ccc23)c1. The number of ether oxygens (including phenoxy) is 2. The Kier molecular flexibility index (Phi) is 5.63. The second kappa shape index (κ2) is 8.67. The molecule has 3 aromatic heterocycles. The zero-order chi connectivity index (χ0) is 21.8. The first-order chi connectivity index (χ1) is 15.1. The van der Waals surface area contributed by atoms with E-state index in [1.54, 1.807) is 42.3 Å². The van der Waals surface area contributed by atoms with E-state index in [2.05, 4.69) is 37.3 Å². The van der Waals surface area contributed by atoms with Gasteiger partial charge in [-0.2, -0.15) is 15.1 Å². The van der Waals surface area contributed by atoms with E-state index in [1.165, 1.54) is 6.08 Å². The maximum atomic E-state index is 11.6. The van der Waals surface area contributed by atoms with E-state index in [1.807, 2.05) is 19.2 Å². The number of carbonyl (C=O) groups is 1. The lowest BCUT2D eigenvalue weighted by Gasteiger charge is -2.10. The molecule has 10 heteroatoms. The molecule has 0 aliphatic rings. The third-order valence-corrected chi connectivity index (χ3v) is 4.34. The molecule has 1 aromatic carbocycles. The van der Waals surface area contributed by atoms with Crippen molar-refractivity contribution >= 4 is 34.4 Å². The van der Waals surface area contributed by atoms with Crippen LogP contribution in [-0.4, -0.2) is 37.7 Å². The van der Waals surface area contributed by atoms with Gasteiger partial charge in [-0.05, 0) is 24.3 Å². The fourth-order valence-corrected chi connectivity index (χ4v) is 2.97. The van der Waals surface area contributed by atoms with Crippen LogP contribution in [-0.2, 0) is 23.2 Å². The Hall–Kier alpha value is -4.18. The monoisotopic (exact) mass is 419 g/mol. The fourth-order valence-electron chi connectivity index (χ4n) is 2.97. The lowest BCUT2D eigenvalue weighted by molar-refractivity contribution is -0.111. The van der Waals surface area contributed by atoms with Crippen LogP contribution in [0.3, 0.4) is 0 Å². The highest BCUT2D eigenvalue weighted by atomic mass is 16.5. The number of fused-ring (bicyclic) bond motifs is 1. The number of aryl methyl sites for hydroxylation is 1. The second-order valence-corrected chi connectivity index (χ2v) is 6.62. The third kappa shape index (κ3) is 4.54. The number of hydrogen-bond acceptors (Lipinski definition) is 7. The highest BCUT2D eigenvalue weighted by Gasteiger charge is 2.13. The minimum absolute atomic E-state index is 0.303. The van der Waals surface area contributed by atoms with E-state index in [0.29, 0.717) is 41.3 Å². The third-order valence-electron chi connectivity index (χ3n) is 4.34. The van der Waals surface area contributed by atoms with Crippen LogP contribution in [0.15, 0.2) is 55.3 Å². The van der Waals surface area contributed by atoms with Gasteiger partial charge in [0.15, 0.2) is 0 Å². The number of methoxy groups -OCH3 is 1. The van der Waals surface area contributed by atoms with Crippen molar-refractivity contribution in [1.82, 2.24) is 24.7 Å². The number of nitrogens with one attached hydrogen (secondary N) is 3. The van der Waals surface area contributed by atoms with Gasteiger partial charge in [-0.3, -0.25) is 9.48 Å². The second-order valence-electron chi connectivity index (χ2n) is 6.62. The summed E-state index contributed by atoms with van der Waals surface area (Å²) in [5.41, 5.74) is 1.98. The van der Waals surface area contributed by atoms with Crippen molar-refractivity contribution in [3.63, 3.8) is 0 Å². The zero-order valence-corrected chi connectivity index (χ0v) is 17.0. The van der Waals surface area contributed by atoms with Gasteiger partial charge in [0, 0.05) is 38.2 Å². The van der Waals surface area contributed by atoms with Crippen LogP contribution in [0.5, 0.6) is 11.6 Å². The molecule has 10 nitrogen and oxygen atoms in total. The normalized spacial score (nSPS) is 10.8. The van der Waals surface area contributed by atoms with Crippen LogP contribution < -0.4 is 15.4 Å². The summed E-state index contributed by atoms with van der Waals surface area (Å²) in [6.07, 6.45) is 2.97. The topological polar surface area (TPSA) is 119 Å². The number of hydrogen-bond donors (Lipinski definition) is 3. The molecule has 1 amide bonds. The van der Waals surface area contributed by atoms with Crippen molar-refractivity contribution in [1.29, 1.82) is 0 Å². The maximum Gasteiger partial charge on any atom is 0.247 e. The molecule has 3 N–H and O–H groups in total. The van der Waals surface area contributed by atoms with Gasteiger partial charge in [0.25, 0.3) is 0 Å². The van der Waals surface area contributed by atoms with Crippen LogP contribution in [0.1, 0.15) is 5.69 Å². The standard InChI is InChI=1S/C21H21N7O3/c1-4-18(29)23-13-6-5-7-15(10-13)31-20-16-8-9-22-19(16)25-21(26-20)24-17-11-14(12-30-3)27-28(17)2/h4-11H,1,12H2,2-3H3,(H,23,29)(H2,22,24,25,26). The molecule has 31 heavy (non-hydrogen) atoms. The summed E-state index contributed by atoms with van der Waals surface area (Å²) in [6.45, 7) is 3.86. The fraction of sp³-hybridized carbons (Fsp3) is 0.143. The number of carbonyl (C=O) groups excluding carboxylic acids is 1. The van der Waals surface area contributed by atoms with Crippen molar-refractivity contribution in [2.75, 3.05) is 17.7 Å². The molecule has 4 rings (SSSR count). The number of aromatic nitrogens is 5. The molecule has 0 aliphatic heterocycles. The Labute approximate surface area is 177 Å². The minimum atomic E-state index is -0.303. The lowest BCUT2D eigenvalue weighted by Crippen LogP contribution is -2.07. The molecule has 0 bridgehead atoms. The predicted octanol–water partition coefficient (Wildman–Crippen LogP) is 3.50. The summed E-state index contributed by atoms with van der Waals surface area (Å²) in [4.78, 5) is 23.7. The number of aromatic amines is 1. The van der Waals surface area contributed by atoms with E-state index in [-0.39, 0.29) is 5.91 Å². The summed E-state index contributed by atoms with van der Waals surface area (Å²) >= 11 is 0. The summed E-state index contributed by atoms with van der Waals surface area (Å²) in [6, 6.07) is 10.7. The number of nitrogens with zero attached hydrogens (tertiary/aromatic N) is 4. The average molecular weight is 419 g/mol. The molecule has 0 saturated heterocycles. The van der Waals surface area contributed by atoms with E-state index in [0.717, 1.165) is 11.1 Å². The molecule has 3 heterocycles. The van der Waals surface area contributed by atoms with Gasteiger partial charge in [0.05, 0.1) is 17.7 Å². The minimum Gasteiger partial charge on any atom is -0.438 e. The van der Waals surface area contributed by atoms with Gasteiger partial charge in [0.1, 0.15) is 17.2 Å². The largest absolute Gasteiger partial charge is 0.438 e. The molecule has 0 fully saturated rings. The van der Waals surface area contributed by atoms with E-state index in [9.17, 15) is 4.79 Å². The molecule has 0 aliphatic carbocycles. The van der Waals surface area contributed by atoms with Gasteiger partial charge in [-0.15, -0.1) is 0 Å². The molecule has 0 radical (unpaired) electrons. The molecule has 0 spiro atoms. The highest BCUT2D eigenvalue weighted by Crippen LogP contribution is 2.30. The van der Waals surface area contributed by atoms with Crippen LogP contribution in [0.2, 0.25) is 0 Å². The summed E-state index contributed by atoms with van der Waals surface area (Å²) in [5, 5.41) is 11.0. The first-order valence-electron chi connectivity index (χ1n) is 9.41. The number of benzene rings is 1. The van der Waals surface area contributed by atoms with Gasteiger partial charge < -0.3 is 25.1 Å². The smallest absolute Gasteiger partial charge is 0.247 e. The Morgan fingerprint density at radius 1 is 1.29 bits per heavy atom. The van der Waals surface area contributed by atoms with E-state index in [4.69, 9.17) is 9.47 Å². The molecular weight excluding hydrogens is 398 g/mol. The van der Waals surface area contributed by atoms with E-state index >= 15 is 0 Å². The Morgan fingerprint density at radius 3 is 2.97 bits per heavy atom. The van der Waals surface area contributed by atoms with Gasteiger partial charge in [-0.25, -0.2) is 0 Å². The van der Waals surface area contributed by atoms with Gasteiger partial charge in [-0.1, -0.05) is 12.6 Å². The molecule has 0 atom stereocenters. The van der Waals surface area contributed by atoms with Crippen molar-refractivity contribution in [2.24, 2.45) is 7.05 Å². The lowest BCUT2D eigenvalue weighted by atomic mass is 10.3. The van der Waals surface area contributed by atoms with Crippen LogP contribution in [0.25, 0.3) is 11.0 Å². The average Bonchev–Trinajstić information content (AvgIpc) is 3.35. The summed E-state index contributed by atoms with van der Waals surface area (Å²) < 4.78 is 12.8. The van der Waals surface area contributed by atoms with E-state index < -0.39 is 0 Å². The number of anilines is 3. The molecule has 4 aromatic rings. The van der Waals surface area contributed by atoms with Crippen LogP contribution >= 0.6 is 0 Å². The quantitative estimate of drug-likeness (QED) is 0.374. The highest BCUT2D eigenvalue weighted by molar-refractivity contribution is 5.99. The first-order valence-corrected chi connectivity index (χ1v) is 9.41. The first kappa shape index (κ1) is 20.1. The molecular formula is C21H21N7O3. The van der Waals surface area contributed by atoms with Gasteiger partial charge in [0.2, 0.25) is 17.7 Å². The maximum absolute atomic E-state index is 11.6. The number of H-pyrrole nitrogens is 1. The Bertz CT molecular complexity index is 1240. The molecule has 158 valence electrons. The van der Waals surface area contributed by atoms with Crippen molar-refractivity contribution in [2.45, 2.75) is 6.61 Å². The number of rotatable bonds is 8. The predicted molar refractivity (Wildman–Crippen MR) is 116 cm³/mol. The number of amides is 1. The van der Waals surface area contributed by atoms with Crippen LogP contribution in [0.4, 0.5) is 17.5 Å². The van der Waals surface area contributed by atoms with Crippen molar-refractivity contribution in [3.8, 4) is 11.6 Å².